The summed E-state index contributed by atoms with van der Waals surface area (Å²) < 4.78 is 0. The number of aromatic hydroxyl groups is 4. The summed E-state index contributed by atoms with van der Waals surface area (Å²) in [6, 6.07) is 10.2. The summed E-state index contributed by atoms with van der Waals surface area (Å²) in [6.45, 7) is 0. The van der Waals surface area contributed by atoms with Crippen molar-refractivity contribution in [2.45, 2.75) is 4.90 Å². The molecule has 5 heteroatoms. The highest BCUT2D eigenvalue weighted by Crippen LogP contribution is 2.27. The highest BCUT2D eigenvalue weighted by molar-refractivity contribution is 7.80. The van der Waals surface area contributed by atoms with Gasteiger partial charge in [-0.25, -0.2) is 0 Å². The number of benzene rings is 2. The zero-order valence-corrected chi connectivity index (χ0v) is 9.67. The fraction of sp³-hybridized carbons (Fsp3) is 0. The zero-order chi connectivity index (χ0) is 12.8. The third-order valence-corrected chi connectivity index (χ3v) is 2.11. The molecule has 90 valence electrons. The van der Waals surface area contributed by atoms with Crippen molar-refractivity contribution >= 4 is 12.6 Å². The van der Waals surface area contributed by atoms with E-state index in [0.29, 0.717) is 0 Å². The van der Waals surface area contributed by atoms with Gasteiger partial charge in [-0.05, 0) is 36.4 Å². The first-order valence-electron chi connectivity index (χ1n) is 4.68. The van der Waals surface area contributed by atoms with Crippen LogP contribution in [0.5, 0.6) is 23.0 Å². The van der Waals surface area contributed by atoms with Crippen molar-refractivity contribution in [2.75, 3.05) is 0 Å². The van der Waals surface area contributed by atoms with Gasteiger partial charge in [0.15, 0.2) is 11.5 Å². The van der Waals surface area contributed by atoms with Gasteiger partial charge in [0.05, 0.1) is 0 Å². The zero-order valence-electron chi connectivity index (χ0n) is 8.78. The van der Waals surface area contributed by atoms with Gasteiger partial charge >= 0.3 is 0 Å². The van der Waals surface area contributed by atoms with E-state index in [2.05, 4.69) is 12.6 Å². The molecule has 2 rings (SSSR count). The molecule has 0 amide bonds. The Balaban J connectivity index is 0.000000171. The lowest BCUT2D eigenvalue weighted by molar-refractivity contribution is 0.396. The van der Waals surface area contributed by atoms with Crippen LogP contribution in [0.25, 0.3) is 0 Å². The van der Waals surface area contributed by atoms with Crippen LogP contribution in [0, 0.1) is 0 Å². The minimum atomic E-state index is -0.310. The van der Waals surface area contributed by atoms with Crippen molar-refractivity contribution in [3.05, 3.63) is 42.5 Å². The van der Waals surface area contributed by atoms with Gasteiger partial charge in [0.25, 0.3) is 0 Å². The molecular formula is C12H12O4S. The normalized spacial score (nSPS) is 9.24. The van der Waals surface area contributed by atoms with Gasteiger partial charge in [0, 0.05) is 11.0 Å². The molecule has 4 nitrogen and oxygen atoms in total. The summed E-state index contributed by atoms with van der Waals surface area (Å²) in [5.41, 5.74) is 0. The molecule has 0 aliphatic heterocycles. The second-order valence-electron chi connectivity index (χ2n) is 3.19. The molecule has 0 unspecified atom stereocenters. The number of thiol groups is 1. The second-order valence-corrected chi connectivity index (χ2v) is 3.71. The van der Waals surface area contributed by atoms with Gasteiger partial charge < -0.3 is 20.4 Å². The van der Waals surface area contributed by atoms with E-state index in [-0.39, 0.29) is 23.0 Å². The summed E-state index contributed by atoms with van der Waals surface area (Å²) in [5.74, 6) is -0.323. The molecule has 0 bridgehead atoms. The molecule has 0 saturated heterocycles. The lowest BCUT2D eigenvalue weighted by Gasteiger charge is -1.95. The van der Waals surface area contributed by atoms with E-state index in [1.54, 1.807) is 24.3 Å². The molecule has 17 heavy (non-hydrogen) atoms. The monoisotopic (exact) mass is 252 g/mol. The Hall–Kier alpha value is -2.01. The smallest absolute Gasteiger partial charge is 0.161 e. The predicted molar refractivity (Wildman–Crippen MR) is 66.8 cm³/mol. The van der Waals surface area contributed by atoms with E-state index in [1.807, 2.05) is 0 Å². The van der Waals surface area contributed by atoms with Crippen molar-refractivity contribution in [3.8, 4) is 23.0 Å². The molecule has 0 aromatic heterocycles. The maximum absolute atomic E-state index is 8.72. The quantitative estimate of drug-likeness (QED) is 0.283. The van der Waals surface area contributed by atoms with Crippen molar-refractivity contribution < 1.29 is 20.4 Å². The minimum absolute atomic E-state index is 0.0645. The molecule has 0 saturated carbocycles. The highest BCUT2D eigenvalue weighted by Gasteiger charge is 1.96. The van der Waals surface area contributed by atoms with Crippen LogP contribution in [-0.2, 0) is 0 Å². The minimum Gasteiger partial charge on any atom is -0.508 e. The number of phenols is 4. The van der Waals surface area contributed by atoms with Crippen LogP contribution in [0.2, 0.25) is 0 Å². The third-order valence-electron chi connectivity index (χ3n) is 1.81. The van der Waals surface area contributed by atoms with Crippen molar-refractivity contribution in [3.63, 3.8) is 0 Å². The van der Waals surface area contributed by atoms with Gasteiger partial charge in [-0.1, -0.05) is 0 Å². The topological polar surface area (TPSA) is 80.9 Å². The van der Waals surface area contributed by atoms with E-state index in [9.17, 15) is 0 Å². The maximum atomic E-state index is 8.72. The van der Waals surface area contributed by atoms with Crippen LogP contribution >= 0.6 is 12.6 Å². The fourth-order valence-electron chi connectivity index (χ4n) is 0.964. The molecule has 0 aliphatic carbocycles. The fourth-order valence-corrected chi connectivity index (χ4v) is 1.11. The van der Waals surface area contributed by atoms with Crippen molar-refractivity contribution in [2.24, 2.45) is 0 Å². The average molecular weight is 252 g/mol. The Morgan fingerprint density at radius 2 is 1.18 bits per heavy atom. The number of hydrogen-bond donors (Lipinski definition) is 5. The molecule has 0 fully saturated rings. The van der Waals surface area contributed by atoms with Gasteiger partial charge in [-0.15, -0.1) is 12.6 Å². The van der Waals surface area contributed by atoms with E-state index >= 15 is 0 Å². The molecule has 4 N–H and O–H groups in total. The second kappa shape index (κ2) is 5.91. The summed E-state index contributed by atoms with van der Waals surface area (Å²) >= 11 is 4.02. The predicted octanol–water partition coefficient (Wildman–Crippen LogP) is 2.48. The molecule has 2 aromatic rings. The Morgan fingerprint density at radius 3 is 1.59 bits per heavy atom. The lowest BCUT2D eigenvalue weighted by atomic mass is 10.3. The first kappa shape index (κ1) is 13.1. The first-order valence-corrected chi connectivity index (χ1v) is 5.12. The van der Waals surface area contributed by atoms with Crippen LogP contribution in [0.15, 0.2) is 47.4 Å². The van der Waals surface area contributed by atoms with Crippen LogP contribution in [0.3, 0.4) is 0 Å². The molecule has 0 heterocycles. The Morgan fingerprint density at radius 1 is 0.647 bits per heavy atom. The average Bonchev–Trinajstić information content (AvgIpc) is 2.29. The summed E-state index contributed by atoms with van der Waals surface area (Å²) in [6.07, 6.45) is 0. The molecule has 0 spiro atoms. The highest BCUT2D eigenvalue weighted by atomic mass is 32.1. The van der Waals surface area contributed by atoms with E-state index < -0.39 is 0 Å². The van der Waals surface area contributed by atoms with E-state index in [0.717, 1.165) is 11.0 Å². The lowest BCUT2D eigenvalue weighted by Crippen LogP contribution is -1.66. The Kier molecular flexibility index (Phi) is 4.54. The van der Waals surface area contributed by atoms with Crippen LogP contribution in [0.1, 0.15) is 0 Å². The van der Waals surface area contributed by atoms with Crippen LogP contribution in [0.4, 0.5) is 0 Å². The SMILES string of the molecule is Oc1ccc(O)c(O)c1.Oc1ccc(S)cc1. The Bertz CT molecular complexity index is 461. The number of hydrogen-bond acceptors (Lipinski definition) is 5. The summed E-state index contributed by atoms with van der Waals surface area (Å²) in [5, 5.41) is 34.8. The van der Waals surface area contributed by atoms with E-state index in [1.165, 1.54) is 12.1 Å². The number of phenolic OH excluding ortho intramolecular Hbond substituents is 4. The standard InChI is InChI=1S/C6H6O3.C6H6OS/c7-4-1-2-5(8)6(9)3-4;7-5-1-3-6(8)4-2-5/h1-3,7-9H;1-4,7-8H. The number of rotatable bonds is 0. The summed E-state index contributed by atoms with van der Waals surface area (Å²) in [4.78, 5) is 0.864. The van der Waals surface area contributed by atoms with Gasteiger partial charge in [-0.3, -0.25) is 0 Å². The van der Waals surface area contributed by atoms with Crippen molar-refractivity contribution in [1.82, 2.24) is 0 Å². The van der Waals surface area contributed by atoms with Crippen molar-refractivity contribution in [1.29, 1.82) is 0 Å². The van der Waals surface area contributed by atoms with Gasteiger partial charge in [0.1, 0.15) is 11.5 Å². The van der Waals surface area contributed by atoms with Crippen LogP contribution < -0.4 is 0 Å². The van der Waals surface area contributed by atoms with Gasteiger partial charge in [0.2, 0.25) is 0 Å². The van der Waals surface area contributed by atoms with Gasteiger partial charge in [-0.2, -0.15) is 0 Å². The molecule has 0 atom stereocenters. The molecule has 0 aliphatic rings. The van der Waals surface area contributed by atoms with E-state index in [4.69, 9.17) is 20.4 Å². The third kappa shape index (κ3) is 4.56. The Labute approximate surface area is 104 Å². The molecule has 0 radical (unpaired) electrons. The van der Waals surface area contributed by atoms with Crippen LogP contribution in [-0.4, -0.2) is 20.4 Å². The molecular weight excluding hydrogens is 240 g/mol. The first-order chi connectivity index (χ1) is 7.99. The maximum Gasteiger partial charge on any atom is 0.161 e. The largest absolute Gasteiger partial charge is 0.508 e. The molecule has 2 aromatic carbocycles. The summed E-state index contributed by atoms with van der Waals surface area (Å²) in [7, 11) is 0.